The third-order valence-corrected chi connectivity index (χ3v) is 5.80. The SMILES string of the molecule is CCc1cc(OCc2ccc(Cn3nc(NC(C)=O)c4ccccc43)cc2)c2ccccc2n1. The molecule has 5 rings (SSSR count). The van der Waals surface area contributed by atoms with E-state index in [0.717, 1.165) is 50.8 Å². The normalized spacial score (nSPS) is 11.1. The molecule has 1 amide bonds. The van der Waals surface area contributed by atoms with Gasteiger partial charge in [-0.1, -0.05) is 55.5 Å². The van der Waals surface area contributed by atoms with Crippen molar-refractivity contribution in [1.29, 1.82) is 0 Å². The smallest absolute Gasteiger partial charge is 0.222 e. The minimum atomic E-state index is -0.132. The lowest BCUT2D eigenvalue weighted by Gasteiger charge is -2.11. The van der Waals surface area contributed by atoms with Crippen LogP contribution in [0.3, 0.4) is 0 Å². The third-order valence-electron chi connectivity index (χ3n) is 5.80. The highest BCUT2D eigenvalue weighted by atomic mass is 16.5. The first-order valence-electron chi connectivity index (χ1n) is 11.4. The van der Waals surface area contributed by atoms with Gasteiger partial charge in [0.05, 0.1) is 17.6 Å². The highest BCUT2D eigenvalue weighted by molar-refractivity contribution is 5.98. The van der Waals surface area contributed by atoms with Gasteiger partial charge < -0.3 is 10.1 Å². The van der Waals surface area contributed by atoms with Gasteiger partial charge in [0.25, 0.3) is 0 Å². The van der Waals surface area contributed by atoms with Crippen LogP contribution >= 0.6 is 0 Å². The van der Waals surface area contributed by atoms with Crippen LogP contribution in [0.1, 0.15) is 30.7 Å². The average Bonchev–Trinajstić information content (AvgIpc) is 3.19. The Balaban J connectivity index is 1.33. The zero-order valence-electron chi connectivity index (χ0n) is 19.3. The highest BCUT2D eigenvalue weighted by Gasteiger charge is 2.12. The molecular formula is C28H26N4O2. The number of para-hydroxylation sites is 2. The quantitative estimate of drug-likeness (QED) is 0.344. The van der Waals surface area contributed by atoms with Gasteiger partial charge >= 0.3 is 0 Å². The number of nitrogens with zero attached hydrogens (tertiary/aromatic N) is 3. The molecule has 0 atom stereocenters. The molecule has 34 heavy (non-hydrogen) atoms. The second-order valence-corrected chi connectivity index (χ2v) is 8.29. The van der Waals surface area contributed by atoms with Crippen LogP contribution in [-0.4, -0.2) is 20.7 Å². The van der Waals surface area contributed by atoms with Gasteiger partial charge in [0.2, 0.25) is 5.91 Å². The molecule has 2 aromatic heterocycles. The maximum Gasteiger partial charge on any atom is 0.222 e. The molecule has 0 unspecified atom stereocenters. The molecule has 1 N–H and O–H groups in total. The number of rotatable bonds is 7. The predicted octanol–water partition coefficient (Wildman–Crippen LogP) is 5.73. The molecule has 6 heteroatoms. The summed E-state index contributed by atoms with van der Waals surface area (Å²) < 4.78 is 8.12. The molecule has 2 heterocycles. The van der Waals surface area contributed by atoms with Crippen LogP contribution in [0.2, 0.25) is 0 Å². The van der Waals surface area contributed by atoms with Crippen molar-refractivity contribution >= 4 is 33.5 Å². The second-order valence-electron chi connectivity index (χ2n) is 8.29. The van der Waals surface area contributed by atoms with E-state index in [9.17, 15) is 4.79 Å². The zero-order valence-corrected chi connectivity index (χ0v) is 19.3. The number of aromatic nitrogens is 3. The monoisotopic (exact) mass is 450 g/mol. The average molecular weight is 451 g/mol. The topological polar surface area (TPSA) is 69.0 Å². The number of anilines is 1. The number of carbonyl (C=O) groups excluding carboxylic acids is 1. The molecule has 0 aliphatic carbocycles. The molecule has 0 saturated carbocycles. The lowest BCUT2D eigenvalue weighted by Crippen LogP contribution is -2.08. The first kappa shape index (κ1) is 21.6. The van der Waals surface area contributed by atoms with Crippen molar-refractivity contribution in [3.63, 3.8) is 0 Å². The molecule has 5 aromatic rings. The summed E-state index contributed by atoms with van der Waals surface area (Å²) >= 11 is 0. The summed E-state index contributed by atoms with van der Waals surface area (Å²) in [5, 5.41) is 9.40. The molecular weight excluding hydrogens is 424 g/mol. The molecule has 0 bridgehead atoms. The number of benzene rings is 3. The number of fused-ring (bicyclic) bond motifs is 2. The summed E-state index contributed by atoms with van der Waals surface area (Å²) in [5.74, 6) is 1.32. The predicted molar refractivity (Wildman–Crippen MR) is 135 cm³/mol. The van der Waals surface area contributed by atoms with Crippen LogP contribution in [0.5, 0.6) is 5.75 Å². The van der Waals surface area contributed by atoms with E-state index >= 15 is 0 Å². The fourth-order valence-corrected chi connectivity index (χ4v) is 4.08. The van der Waals surface area contributed by atoms with Gasteiger partial charge in [0, 0.05) is 29.5 Å². The summed E-state index contributed by atoms with van der Waals surface area (Å²) in [7, 11) is 0. The second kappa shape index (κ2) is 9.35. The minimum absolute atomic E-state index is 0.132. The largest absolute Gasteiger partial charge is 0.488 e. The maximum absolute atomic E-state index is 11.6. The summed E-state index contributed by atoms with van der Waals surface area (Å²) in [6.45, 7) is 4.68. The van der Waals surface area contributed by atoms with Crippen molar-refractivity contribution in [2.24, 2.45) is 0 Å². The fraction of sp³-hybridized carbons (Fsp3) is 0.179. The van der Waals surface area contributed by atoms with Crippen LogP contribution < -0.4 is 10.1 Å². The van der Waals surface area contributed by atoms with Gasteiger partial charge in [-0.25, -0.2) is 0 Å². The van der Waals surface area contributed by atoms with E-state index in [1.54, 1.807) is 0 Å². The Morgan fingerprint density at radius 1 is 0.941 bits per heavy atom. The van der Waals surface area contributed by atoms with Crippen LogP contribution in [0.15, 0.2) is 78.9 Å². The molecule has 0 spiro atoms. The Bertz CT molecular complexity index is 1470. The Hall–Kier alpha value is -4.19. The number of nitrogens with one attached hydrogen (secondary N) is 1. The number of ether oxygens (including phenoxy) is 1. The van der Waals surface area contributed by atoms with Crippen LogP contribution in [-0.2, 0) is 24.4 Å². The van der Waals surface area contributed by atoms with Crippen molar-refractivity contribution in [2.75, 3.05) is 5.32 Å². The van der Waals surface area contributed by atoms with Crippen molar-refractivity contribution in [3.8, 4) is 5.75 Å². The number of aryl methyl sites for hydroxylation is 1. The van der Waals surface area contributed by atoms with E-state index in [2.05, 4.69) is 46.6 Å². The van der Waals surface area contributed by atoms with Crippen LogP contribution in [0.25, 0.3) is 21.8 Å². The van der Waals surface area contributed by atoms with E-state index in [0.29, 0.717) is 19.0 Å². The molecule has 0 saturated heterocycles. The number of pyridine rings is 1. The van der Waals surface area contributed by atoms with Gasteiger partial charge in [-0.3, -0.25) is 14.5 Å². The number of hydrogen-bond acceptors (Lipinski definition) is 4. The Labute approximate surface area is 198 Å². The van der Waals surface area contributed by atoms with E-state index in [1.165, 1.54) is 6.92 Å². The minimum Gasteiger partial charge on any atom is -0.488 e. The molecule has 3 aromatic carbocycles. The number of carbonyl (C=O) groups is 1. The highest BCUT2D eigenvalue weighted by Crippen LogP contribution is 2.27. The van der Waals surface area contributed by atoms with Gasteiger partial charge in [0.15, 0.2) is 5.82 Å². The van der Waals surface area contributed by atoms with Crippen LogP contribution in [0.4, 0.5) is 5.82 Å². The Morgan fingerprint density at radius 3 is 2.41 bits per heavy atom. The molecule has 170 valence electrons. The summed E-state index contributed by atoms with van der Waals surface area (Å²) in [6.07, 6.45) is 0.863. The standard InChI is InChI=1S/C28H26N4O2/c1-3-22-16-27(23-8-4-6-10-25(23)30-22)34-18-21-14-12-20(13-15-21)17-32-26-11-7-5-9-24(26)28(31-32)29-19(2)33/h4-16H,3,17-18H2,1-2H3,(H,29,31,33). The third kappa shape index (κ3) is 4.48. The van der Waals surface area contributed by atoms with E-state index in [-0.39, 0.29) is 5.91 Å². The molecule has 6 nitrogen and oxygen atoms in total. The molecule has 0 aliphatic rings. The van der Waals surface area contributed by atoms with Gasteiger partial charge in [-0.15, -0.1) is 0 Å². The van der Waals surface area contributed by atoms with Crippen molar-refractivity contribution < 1.29 is 9.53 Å². The lowest BCUT2D eigenvalue weighted by atomic mass is 10.1. The van der Waals surface area contributed by atoms with Gasteiger partial charge in [-0.2, -0.15) is 5.10 Å². The summed E-state index contributed by atoms with van der Waals surface area (Å²) in [6, 6.07) is 26.4. The van der Waals surface area contributed by atoms with Crippen molar-refractivity contribution in [1.82, 2.24) is 14.8 Å². The fourth-order valence-electron chi connectivity index (χ4n) is 4.08. The number of amides is 1. The molecule has 0 aliphatic heterocycles. The van der Waals surface area contributed by atoms with Crippen molar-refractivity contribution in [3.05, 3.63) is 95.7 Å². The van der Waals surface area contributed by atoms with Gasteiger partial charge in [0.1, 0.15) is 12.4 Å². The Kier molecular flexibility index (Phi) is 5.95. The summed E-state index contributed by atoms with van der Waals surface area (Å²) in [5.41, 5.74) is 5.17. The van der Waals surface area contributed by atoms with E-state index in [1.807, 2.05) is 59.3 Å². The van der Waals surface area contributed by atoms with E-state index in [4.69, 9.17) is 4.74 Å². The number of hydrogen-bond donors (Lipinski definition) is 1. The van der Waals surface area contributed by atoms with Gasteiger partial charge in [-0.05, 0) is 41.8 Å². The van der Waals surface area contributed by atoms with Crippen LogP contribution in [0, 0.1) is 0 Å². The van der Waals surface area contributed by atoms with E-state index < -0.39 is 0 Å². The zero-order chi connectivity index (χ0) is 23.5. The lowest BCUT2D eigenvalue weighted by molar-refractivity contribution is -0.114. The molecule has 0 fully saturated rings. The Morgan fingerprint density at radius 2 is 1.65 bits per heavy atom. The first-order chi connectivity index (χ1) is 16.6. The molecule has 0 radical (unpaired) electrons. The van der Waals surface area contributed by atoms with Crippen molar-refractivity contribution in [2.45, 2.75) is 33.4 Å². The summed E-state index contributed by atoms with van der Waals surface area (Å²) in [4.78, 5) is 16.2. The first-order valence-corrected chi connectivity index (χ1v) is 11.4. The maximum atomic E-state index is 11.6.